The first-order valence-corrected chi connectivity index (χ1v) is 6.53. The van der Waals surface area contributed by atoms with Crippen LogP contribution in [0.5, 0.6) is 0 Å². The third kappa shape index (κ3) is 2.69. The van der Waals surface area contributed by atoms with E-state index in [-0.39, 0.29) is 18.4 Å². The Labute approximate surface area is 114 Å². The number of carbonyl (C=O) groups excluding carboxylic acids is 1. The zero-order valence-electron chi connectivity index (χ0n) is 10.9. The molecule has 4 nitrogen and oxygen atoms in total. The highest BCUT2D eigenvalue weighted by Crippen LogP contribution is 2.41. The number of carbonyl (C=O) groups is 1. The number of halogens is 2. The Morgan fingerprint density at radius 3 is 2.65 bits per heavy atom. The maximum absolute atomic E-state index is 15.0. The first-order chi connectivity index (χ1) is 9.45. The van der Waals surface area contributed by atoms with Gasteiger partial charge in [-0.3, -0.25) is 14.9 Å². The molecule has 0 aliphatic heterocycles. The Morgan fingerprint density at radius 2 is 2.05 bits per heavy atom. The van der Waals surface area contributed by atoms with E-state index in [9.17, 15) is 19.3 Å². The van der Waals surface area contributed by atoms with E-state index in [1.165, 1.54) is 18.2 Å². The Balaban J connectivity index is 2.44. The first kappa shape index (κ1) is 14.6. The molecule has 1 aliphatic rings. The van der Waals surface area contributed by atoms with Crippen LogP contribution in [0, 0.1) is 15.9 Å². The van der Waals surface area contributed by atoms with Crippen LogP contribution in [0.15, 0.2) is 24.3 Å². The summed E-state index contributed by atoms with van der Waals surface area (Å²) in [4.78, 5) is 22.0. The van der Waals surface area contributed by atoms with Crippen molar-refractivity contribution >= 4 is 5.78 Å². The number of hydrogen-bond donors (Lipinski definition) is 0. The molecule has 0 aromatic heterocycles. The van der Waals surface area contributed by atoms with Crippen molar-refractivity contribution in [2.24, 2.45) is 0 Å². The van der Waals surface area contributed by atoms with E-state index in [4.69, 9.17) is 0 Å². The SMILES string of the molecule is O=C1CCCC[C@]1(F)[C@@H](C[N+](=O)[O-])c1ccccc1F. The highest BCUT2D eigenvalue weighted by atomic mass is 19.1. The lowest BCUT2D eigenvalue weighted by Gasteiger charge is -2.33. The molecule has 1 fully saturated rings. The fourth-order valence-corrected chi connectivity index (χ4v) is 2.78. The smallest absolute Gasteiger partial charge is 0.214 e. The van der Waals surface area contributed by atoms with Crippen molar-refractivity contribution in [2.45, 2.75) is 37.3 Å². The summed E-state index contributed by atoms with van der Waals surface area (Å²) in [5, 5.41) is 10.8. The summed E-state index contributed by atoms with van der Waals surface area (Å²) in [6, 6.07) is 5.35. The van der Waals surface area contributed by atoms with E-state index in [0.717, 1.165) is 6.07 Å². The summed E-state index contributed by atoms with van der Waals surface area (Å²) in [6.07, 6.45) is 1.02. The average Bonchev–Trinajstić information content (AvgIpc) is 2.40. The van der Waals surface area contributed by atoms with Gasteiger partial charge in [-0.2, -0.15) is 0 Å². The minimum atomic E-state index is -2.34. The van der Waals surface area contributed by atoms with Gasteiger partial charge in [0, 0.05) is 16.9 Å². The Bertz CT molecular complexity index is 535. The summed E-state index contributed by atoms with van der Waals surface area (Å²) in [5.74, 6) is -2.74. The fourth-order valence-electron chi connectivity index (χ4n) is 2.78. The second-order valence-electron chi connectivity index (χ2n) is 5.08. The molecule has 0 amide bonds. The van der Waals surface area contributed by atoms with Crippen LogP contribution < -0.4 is 0 Å². The predicted molar refractivity (Wildman–Crippen MR) is 68.3 cm³/mol. The molecular formula is C14H15F2NO3. The van der Waals surface area contributed by atoms with Gasteiger partial charge in [0.05, 0.1) is 5.92 Å². The molecule has 0 unspecified atom stereocenters. The topological polar surface area (TPSA) is 60.2 Å². The molecule has 0 N–H and O–H groups in total. The molecule has 1 aromatic rings. The average molecular weight is 283 g/mol. The van der Waals surface area contributed by atoms with Crippen molar-refractivity contribution in [3.05, 3.63) is 45.8 Å². The van der Waals surface area contributed by atoms with Gasteiger partial charge in [0.2, 0.25) is 6.54 Å². The van der Waals surface area contributed by atoms with Gasteiger partial charge in [0.25, 0.3) is 0 Å². The molecule has 0 saturated heterocycles. The molecule has 2 atom stereocenters. The van der Waals surface area contributed by atoms with Gasteiger partial charge < -0.3 is 0 Å². The lowest BCUT2D eigenvalue weighted by molar-refractivity contribution is -0.486. The van der Waals surface area contributed by atoms with Crippen molar-refractivity contribution < 1.29 is 18.5 Å². The van der Waals surface area contributed by atoms with Gasteiger partial charge in [0.15, 0.2) is 11.5 Å². The van der Waals surface area contributed by atoms with Crippen LogP contribution in [0.4, 0.5) is 8.78 Å². The van der Waals surface area contributed by atoms with E-state index in [1.54, 1.807) is 0 Å². The van der Waals surface area contributed by atoms with Crippen LogP contribution in [0.2, 0.25) is 0 Å². The zero-order valence-corrected chi connectivity index (χ0v) is 10.9. The number of ketones is 1. The second-order valence-corrected chi connectivity index (χ2v) is 5.08. The molecule has 0 radical (unpaired) electrons. The summed E-state index contributed by atoms with van der Waals surface area (Å²) < 4.78 is 28.9. The second kappa shape index (κ2) is 5.64. The lowest BCUT2D eigenvalue weighted by Crippen LogP contribution is -2.45. The molecule has 0 spiro atoms. The summed E-state index contributed by atoms with van der Waals surface area (Å²) in [7, 11) is 0. The largest absolute Gasteiger partial charge is 0.296 e. The van der Waals surface area contributed by atoms with Crippen LogP contribution in [0.1, 0.15) is 37.2 Å². The van der Waals surface area contributed by atoms with Gasteiger partial charge in [0.1, 0.15) is 5.82 Å². The first-order valence-electron chi connectivity index (χ1n) is 6.53. The van der Waals surface area contributed by atoms with Crippen molar-refractivity contribution in [3.8, 4) is 0 Å². The lowest BCUT2D eigenvalue weighted by atomic mass is 9.73. The normalized spacial score (nSPS) is 24.4. The van der Waals surface area contributed by atoms with Crippen molar-refractivity contribution in [2.75, 3.05) is 6.54 Å². The van der Waals surface area contributed by atoms with E-state index in [0.29, 0.717) is 12.8 Å². The van der Waals surface area contributed by atoms with Crippen LogP contribution in [0.25, 0.3) is 0 Å². The van der Waals surface area contributed by atoms with Gasteiger partial charge in [-0.05, 0) is 25.3 Å². The van der Waals surface area contributed by atoms with Crippen molar-refractivity contribution in [1.82, 2.24) is 0 Å². The van der Waals surface area contributed by atoms with E-state index in [1.807, 2.05) is 0 Å². The minimum absolute atomic E-state index is 0.0547. The predicted octanol–water partition coefficient (Wildman–Crippen LogP) is 3.04. The van der Waals surface area contributed by atoms with Crippen molar-refractivity contribution in [1.29, 1.82) is 0 Å². The van der Waals surface area contributed by atoms with Crippen LogP contribution in [-0.4, -0.2) is 22.9 Å². The van der Waals surface area contributed by atoms with Gasteiger partial charge in [-0.25, -0.2) is 8.78 Å². The standard InChI is InChI=1S/C14H15F2NO3/c15-12-6-2-1-5-10(12)11(9-17(19)20)14(16)8-4-3-7-13(14)18/h1-2,5-6,11H,3-4,7-9H2/t11-,14-/m0/s1. The zero-order chi connectivity index (χ0) is 14.8. The number of alkyl halides is 1. The van der Waals surface area contributed by atoms with Crippen LogP contribution >= 0.6 is 0 Å². The molecule has 108 valence electrons. The molecular weight excluding hydrogens is 268 g/mol. The minimum Gasteiger partial charge on any atom is -0.296 e. The molecule has 1 aliphatic carbocycles. The van der Waals surface area contributed by atoms with E-state index in [2.05, 4.69) is 0 Å². The van der Waals surface area contributed by atoms with Gasteiger partial charge in [-0.15, -0.1) is 0 Å². The number of nitrogens with zero attached hydrogens (tertiary/aromatic N) is 1. The van der Waals surface area contributed by atoms with E-state index >= 15 is 4.39 Å². The summed E-state index contributed by atoms with van der Waals surface area (Å²) in [6.45, 7) is -0.789. The molecule has 1 aromatic carbocycles. The van der Waals surface area contributed by atoms with E-state index < -0.39 is 34.7 Å². The number of benzene rings is 1. The fraction of sp³-hybridized carbons (Fsp3) is 0.500. The number of nitro groups is 1. The third-order valence-corrected chi connectivity index (χ3v) is 3.82. The quantitative estimate of drug-likeness (QED) is 0.630. The monoisotopic (exact) mass is 283 g/mol. The molecule has 0 heterocycles. The molecule has 2 rings (SSSR count). The van der Waals surface area contributed by atoms with Gasteiger partial charge >= 0.3 is 0 Å². The van der Waals surface area contributed by atoms with Crippen LogP contribution in [-0.2, 0) is 4.79 Å². The van der Waals surface area contributed by atoms with Gasteiger partial charge in [-0.1, -0.05) is 18.2 Å². The molecule has 20 heavy (non-hydrogen) atoms. The van der Waals surface area contributed by atoms with Crippen molar-refractivity contribution in [3.63, 3.8) is 0 Å². The maximum atomic E-state index is 15.0. The summed E-state index contributed by atoms with van der Waals surface area (Å²) >= 11 is 0. The third-order valence-electron chi connectivity index (χ3n) is 3.82. The number of rotatable bonds is 4. The highest BCUT2D eigenvalue weighted by molar-refractivity contribution is 5.89. The highest BCUT2D eigenvalue weighted by Gasteiger charge is 2.50. The number of Topliss-reactive ketones (excluding diaryl/α,β-unsaturated/α-hetero) is 1. The molecule has 6 heteroatoms. The van der Waals surface area contributed by atoms with Crippen LogP contribution in [0.3, 0.4) is 0 Å². The Morgan fingerprint density at radius 1 is 1.35 bits per heavy atom. The molecule has 0 bridgehead atoms. The molecule has 1 saturated carbocycles. The summed E-state index contributed by atoms with van der Waals surface area (Å²) in [5.41, 5.74) is -2.44. The Hall–Kier alpha value is -1.85. The Kier molecular flexibility index (Phi) is 4.11. The number of hydrogen-bond acceptors (Lipinski definition) is 3. The maximum Gasteiger partial charge on any atom is 0.214 e.